The molecular formula is C17H21NO4. The fourth-order valence-electron chi connectivity index (χ4n) is 2.26. The van der Waals surface area contributed by atoms with Crippen LogP contribution in [0.15, 0.2) is 12.1 Å². The van der Waals surface area contributed by atoms with Gasteiger partial charge in [-0.15, -0.1) is 0 Å². The molecule has 1 aliphatic rings. The molecule has 1 saturated heterocycles. The van der Waals surface area contributed by atoms with Crippen LogP contribution in [0.2, 0.25) is 0 Å². The lowest BCUT2D eigenvalue weighted by atomic mass is 10.0. The fourth-order valence-corrected chi connectivity index (χ4v) is 2.26. The second kappa shape index (κ2) is 7.83. The molecule has 0 spiro atoms. The maximum absolute atomic E-state index is 11.6. The van der Waals surface area contributed by atoms with Crippen molar-refractivity contribution in [2.24, 2.45) is 0 Å². The van der Waals surface area contributed by atoms with Crippen LogP contribution in [0.5, 0.6) is 0 Å². The van der Waals surface area contributed by atoms with E-state index in [1.54, 1.807) is 12.1 Å². The van der Waals surface area contributed by atoms with E-state index < -0.39 is 5.97 Å². The third-order valence-corrected chi connectivity index (χ3v) is 3.50. The first-order valence-electron chi connectivity index (χ1n) is 7.32. The molecule has 2 N–H and O–H groups in total. The van der Waals surface area contributed by atoms with Crippen LogP contribution in [0.4, 0.5) is 5.69 Å². The van der Waals surface area contributed by atoms with E-state index in [4.69, 9.17) is 19.9 Å². The quantitative estimate of drug-likeness (QED) is 0.527. The van der Waals surface area contributed by atoms with Crippen LogP contribution in [0.25, 0.3) is 0 Å². The Bertz CT molecular complexity index is 595. The van der Waals surface area contributed by atoms with Gasteiger partial charge in [0.1, 0.15) is 6.61 Å². The summed E-state index contributed by atoms with van der Waals surface area (Å²) in [6.45, 7) is 2.94. The monoisotopic (exact) mass is 303 g/mol. The zero-order chi connectivity index (χ0) is 15.9. The molecule has 1 fully saturated rings. The second-order valence-corrected chi connectivity index (χ2v) is 5.15. The van der Waals surface area contributed by atoms with E-state index in [-0.39, 0.29) is 6.29 Å². The molecule has 0 aliphatic carbocycles. The Morgan fingerprint density at radius 3 is 2.95 bits per heavy atom. The van der Waals surface area contributed by atoms with E-state index in [0.29, 0.717) is 17.9 Å². The Kier molecular flexibility index (Phi) is 5.82. The molecule has 1 aliphatic heterocycles. The summed E-state index contributed by atoms with van der Waals surface area (Å²) in [6, 6.07) is 3.38. The van der Waals surface area contributed by atoms with Gasteiger partial charge in [-0.3, -0.25) is 0 Å². The number of carbonyl (C=O) groups is 1. The standard InChI is InChI=1S/C17H21NO4/c1-12-10-15(18)14(17(19)20-2)11-13(12)6-5-9-22-16-7-3-4-8-21-16/h10-11,16H,3-4,7-9,18H2,1-2H3. The summed E-state index contributed by atoms with van der Waals surface area (Å²) in [7, 11) is 1.32. The zero-order valence-electron chi connectivity index (χ0n) is 13.0. The molecule has 2 rings (SSSR count). The number of rotatable bonds is 3. The lowest BCUT2D eigenvalue weighted by Gasteiger charge is -2.21. The van der Waals surface area contributed by atoms with Gasteiger partial charge in [-0.05, 0) is 43.9 Å². The molecule has 22 heavy (non-hydrogen) atoms. The van der Waals surface area contributed by atoms with E-state index in [1.165, 1.54) is 7.11 Å². The van der Waals surface area contributed by atoms with Crippen molar-refractivity contribution in [3.05, 3.63) is 28.8 Å². The number of benzene rings is 1. The zero-order valence-corrected chi connectivity index (χ0v) is 13.0. The van der Waals surface area contributed by atoms with Crippen LogP contribution in [-0.2, 0) is 14.2 Å². The fraction of sp³-hybridized carbons (Fsp3) is 0.471. The normalized spacial score (nSPS) is 17.5. The predicted molar refractivity (Wildman–Crippen MR) is 83.4 cm³/mol. The topological polar surface area (TPSA) is 70.8 Å². The van der Waals surface area contributed by atoms with Crippen LogP contribution in [0.3, 0.4) is 0 Å². The van der Waals surface area contributed by atoms with Crippen molar-refractivity contribution in [3.63, 3.8) is 0 Å². The summed E-state index contributed by atoms with van der Waals surface area (Å²) in [5, 5.41) is 0. The van der Waals surface area contributed by atoms with Gasteiger partial charge < -0.3 is 19.9 Å². The van der Waals surface area contributed by atoms with Gasteiger partial charge in [0, 0.05) is 17.9 Å². The van der Waals surface area contributed by atoms with E-state index in [0.717, 1.165) is 37.0 Å². The van der Waals surface area contributed by atoms with E-state index >= 15 is 0 Å². The van der Waals surface area contributed by atoms with Crippen LogP contribution >= 0.6 is 0 Å². The number of ether oxygens (including phenoxy) is 3. The van der Waals surface area contributed by atoms with Gasteiger partial charge >= 0.3 is 5.97 Å². The first-order chi connectivity index (χ1) is 10.6. The summed E-state index contributed by atoms with van der Waals surface area (Å²) in [5.74, 6) is 5.49. The minimum Gasteiger partial charge on any atom is -0.465 e. The van der Waals surface area contributed by atoms with Crippen molar-refractivity contribution in [2.45, 2.75) is 32.5 Å². The molecule has 1 aromatic carbocycles. The molecular weight excluding hydrogens is 282 g/mol. The Morgan fingerprint density at radius 1 is 1.45 bits per heavy atom. The molecule has 0 bridgehead atoms. The molecule has 5 nitrogen and oxygen atoms in total. The minimum absolute atomic E-state index is 0.152. The van der Waals surface area contributed by atoms with Gasteiger partial charge in [0.25, 0.3) is 0 Å². The molecule has 0 radical (unpaired) electrons. The number of aryl methyl sites for hydroxylation is 1. The van der Waals surface area contributed by atoms with Crippen molar-refractivity contribution in [2.75, 3.05) is 26.1 Å². The molecule has 1 aromatic rings. The van der Waals surface area contributed by atoms with Gasteiger partial charge in [-0.1, -0.05) is 11.8 Å². The van der Waals surface area contributed by atoms with Gasteiger partial charge in [0.05, 0.1) is 12.7 Å². The summed E-state index contributed by atoms with van der Waals surface area (Å²) in [4.78, 5) is 11.6. The van der Waals surface area contributed by atoms with Crippen LogP contribution in [0.1, 0.15) is 40.7 Å². The number of anilines is 1. The minimum atomic E-state index is -0.465. The third-order valence-electron chi connectivity index (χ3n) is 3.50. The lowest BCUT2D eigenvalue weighted by molar-refractivity contribution is -0.154. The highest BCUT2D eigenvalue weighted by Gasteiger charge is 2.13. The van der Waals surface area contributed by atoms with E-state index in [2.05, 4.69) is 11.8 Å². The second-order valence-electron chi connectivity index (χ2n) is 5.15. The molecule has 5 heteroatoms. The number of hydrogen-bond donors (Lipinski definition) is 1. The maximum Gasteiger partial charge on any atom is 0.339 e. The molecule has 1 atom stereocenters. The Morgan fingerprint density at radius 2 is 2.27 bits per heavy atom. The number of methoxy groups -OCH3 is 1. The highest BCUT2D eigenvalue weighted by atomic mass is 16.7. The van der Waals surface area contributed by atoms with Crippen LogP contribution < -0.4 is 5.73 Å². The molecule has 0 saturated carbocycles. The van der Waals surface area contributed by atoms with Gasteiger partial charge in [0.2, 0.25) is 0 Å². The largest absolute Gasteiger partial charge is 0.465 e. The molecule has 118 valence electrons. The van der Waals surface area contributed by atoms with Gasteiger partial charge in [0.15, 0.2) is 6.29 Å². The molecule has 0 aromatic heterocycles. The molecule has 0 amide bonds. The summed E-state index contributed by atoms with van der Waals surface area (Å²) < 4.78 is 15.7. The predicted octanol–water partition coefficient (Wildman–Crippen LogP) is 2.26. The van der Waals surface area contributed by atoms with Gasteiger partial charge in [-0.25, -0.2) is 4.79 Å². The number of esters is 1. The molecule has 1 heterocycles. The Labute approximate surface area is 130 Å². The van der Waals surface area contributed by atoms with Crippen LogP contribution in [0, 0.1) is 18.8 Å². The third kappa shape index (κ3) is 4.23. The highest BCUT2D eigenvalue weighted by molar-refractivity contribution is 5.95. The van der Waals surface area contributed by atoms with Crippen molar-refractivity contribution in [3.8, 4) is 11.8 Å². The number of hydrogen-bond acceptors (Lipinski definition) is 5. The average Bonchev–Trinajstić information content (AvgIpc) is 2.53. The number of carbonyl (C=O) groups excluding carboxylic acids is 1. The SMILES string of the molecule is COC(=O)c1cc(C#CCOC2CCCCO2)c(C)cc1N. The summed E-state index contributed by atoms with van der Waals surface area (Å²) in [6.07, 6.45) is 2.97. The van der Waals surface area contributed by atoms with Gasteiger partial charge in [-0.2, -0.15) is 0 Å². The lowest BCUT2D eigenvalue weighted by Crippen LogP contribution is -2.22. The van der Waals surface area contributed by atoms with Crippen molar-refractivity contribution < 1.29 is 19.0 Å². The van der Waals surface area contributed by atoms with Crippen molar-refractivity contribution >= 4 is 11.7 Å². The summed E-state index contributed by atoms with van der Waals surface area (Å²) >= 11 is 0. The van der Waals surface area contributed by atoms with Crippen molar-refractivity contribution in [1.82, 2.24) is 0 Å². The molecule has 1 unspecified atom stereocenters. The van der Waals surface area contributed by atoms with E-state index in [9.17, 15) is 4.79 Å². The summed E-state index contributed by atoms with van der Waals surface area (Å²) in [5.41, 5.74) is 8.19. The van der Waals surface area contributed by atoms with Crippen LogP contribution in [-0.4, -0.2) is 32.6 Å². The van der Waals surface area contributed by atoms with E-state index in [1.807, 2.05) is 6.92 Å². The maximum atomic E-state index is 11.6. The average molecular weight is 303 g/mol. The van der Waals surface area contributed by atoms with Crippen molar-refractivity contribution in [1.29, 1.82) is 0 Å². The Hall–Kier alpha value is -2.03. The number of nitrogens with two attached hydrogens (primary N) is 1. The highest BCUT2D eigenvalue weighted by Crippen LogP contribution is 2.19. The first kappa shape index (κ1) is 16.3. The smallest absolute Gasteiger partial charge is 0.339 e. The Balaban J connectivity index is 2.02. The number of nitrogen functional groups attached to an aromatic ring is 1. The first-order valence-corrected chi connectivity index (χ1v) is 7.32.